The molecular formula is C5H9FN2O3. The SMILES string of the molecule is NC(=O)C([18F])CC(N)C(=O)O. The van der Waals surface area contributed by atoms with E-state index in [1.54, 1.807) is 0 Å². The van der Waals surface area contributed by atoms with Crippen molar-refractivity contribution in [1.82, 2.24) is 0 Å². The van der Waals surface area contributed by atoms with Crippen LogP contribution < -0.4 is 11.5 Å². The molecule has 5 N–H and O–H groups in total. The van der Waals surface area contributed by atoms with E-state index in [0.717, 1.165) is 0 Å². The smallest absolute Gasteiger partial charge is 0.320 e. The van der Waals surface area contributed by atoms with Crippen LogP contribution in [-0.2, 0) is 9.59 Å². The zero-order valence-electron chi connectivity index (χ0n) is 5.66. The number of rotatable bonds is 4. The average molecular weight is 163 g/mol. The van der Waals surface area contributed by atoms with Crippen LogP contribution in [0.2, 0.25) is 0 Å². The first-order valence-corrected chi connectivity index (χ1v) is 2.87. The number of carbonyl (C=O) groups is 2. The van der Waals surface area contributed by atoms with Gasteiger partial charge in [-0.25, -0.2) is 4.39 Å². The van der Waals surface area contributed by atoms with Crippen molar-refractivity contribution in [1.29, 1.82) is 0 Å². The van der Waals surface area contributed by atoms with Gasteiger partial charge in [0.25, 0.3) is 5.91 Å². The van der Waals surface area contributed by atoms with Crippen LogP contribution >= 0.6 is 0 Å². The van der Waals surface area contributed by atoms with E-state index in [4.69, 9.17) is 10.8 Å². The molecule has 1 amide bonds. The molecule has 0 saturated carbocycles. The molecule has 0 aliphatic rings. The lowest BCUT2D eigenvalue weighted by molar-refractivity contribution is -0.139. The van der Waals surface area contributed by atoms with Gasteiger partial charge in [-0.05, 0) is 0 Å². The largest absolute Gasteiger partial charge is 0.480 e. The van der Waals surface area contributed by atoms with E-state index in [-0.39, 0.29) is 0 Å². The fourth-order valence-corrected chi connectivity index (χ4v) is 0.440. The van der Waals surface area contributed by atoms with Crippen LogP contribution in [0.3, 0.4) is 0 Å². The van der Waals surface area contributed by atoms with E-state index in [9.17, 15) is 14.0 Å². The van der Waals surface area contributed by atoms with Gasteiger partial charge < -0.3 is 16.6 Å². The normalized spacial score (nSPS) is 15.5. The molecule has 0 radical (unpaired) electrons. The summed E-state index contributed by atoms with van der Waals surface area (Å²) in [7, 11) is 0. The molecule has 2 unspecified atom stereocenters. The molecule has 0 saturated heterocycles. The molecule has 0 bridgehead atoms. The van der Waals surface area contributed by atoms with E-state index in [1.807, 2.05) is 0 Å². The van der Waals surface area contributed by atoms with E-state index in [2.05, 4.69) is 5.73 Å². The zero-order chi connectivity index (χ0) is 9.02. The molecule has 0 fully saturated rings. The van der Waals surface area contributed by atoms with Crippen LogP contribution in [0, 0.1) is 0 Å². The van der Waals surface area contributed by atoms with Gasteiger partial charge in [0.1, 0.15) is 6.04 Å². The van der Waals surface area contributed by atoms with Gasteiger partial charge in [0, 0.05) is 6.42 Å². The van der Waals surface area contributed by atoms with Gasteiger partial charge in [0.15, 0.2) is 6.17 Å². The molecule has 0 spiro atoms. The number of carboxylic acids is 1. The molecule has 0 aliphatic heterocycles. The molecule has 6 heteroatoms. The van der Waals surface area contributed by atoms with Crippen molar-refractivity contribution in [2.24, 2.45) is 11.5 Å². The highest BCUT2D eigenvalue weighted by atomic mass is 18.2. The van der Waals surface area contributed by atoms with Crippen molar-refractivity contribution in [3.8, 4) is 0 Å². The Morgan fingerprint density at radius 1 is 1.55 bits per heavy atom. The maximum Gasteiger partial charge on any atom is 0.320 e. The summed E-state index contributed by atoms with van der Waals surface area (Å²) in [5.41, 5.74) is 9.43. The Hall–Kier alpha value is -1.17. The first-order valence-electron chi connectivity index (χ1n) is 2.87. The fraction of sp³-hybridized carbons (Fsp3) is 0.600. The number of aliphatic carboxylic acids is 1. The van der Waals surface area contributed by atoms with Gasteiger partial charge >= 0.3 is 5.97 Å². The Kier molecular flexibility index (Phi) is 3.46. The molecule has 0 rings (SSSR count). The van der Waals surface area contributed by atoms with Crippen molar-refractivity contribution in [2.75, 3.05) is 0 Å². The van der Waals surface area contributed by atoms with E-state index < -0.39 is 30.5 Å². The first-order chi connectivity index (χ1) is 4.95. The molecule has 0 aliphatic carbocycles. The van der Waals surface area contributed by atoms with Crippen LogP contribution in [0.15, 0.2) is 0 Å². The fourth-order valence-electron chi connectivity index (χ4n) is 0.440. The number of halogens is 1. The van der Waals surface area contributed by atoms with Crippen LogP contribution in [0.5, 0.6) is 0 Å². The quantitative estimate of drug-likeness (QED) is 0.474. The highest BCUT2D eigenvalue weighted by Gasteiger charge is 2.21. The predicted octanol–water partition coefficient (Wildman–Crippen LogP) is -1.39. The summed E-state index contributed by atoms with van der Waals surface area (Å²) in [6.07, 6.45) is -2.56. The van der Waals surface area contributed by atoms with Gasteiger partial charge in [0.05, 0.1) is 0 Å². The summed E-state index contributed by atoms with van der Waals surface area (Å²) in [5.74, 6) is -2.55. The molecule has 64 valence electrons. The van der Waals surface area contributed by atoms with Crippen LogP contribution in [0.25, 0.3) is 0 Å². The summed E-state index contributed by atoms with van der Waals surface area (Å²) >= 11 is 0. The van der Waals surface area contributed by atoms with Crippen molar-refractivity contribution in [3.05, 3.63) is 0 Å². The molecule has 11 heavy (non-hydrogen) atoms. The molecule has 2 atom stereocenters. The van der Waals surface area contributed by atoms with Crippen molar-refractivity contribution < 1.29 is 19.1 Å². The van der Waals surface area contributed by atoms with E-state index in [1.165, 1.54) is 0 Å². The number of primary amides is 1. The van der Waals surface area contributed by atoms with Crippen LogP contribution in [-0.4, -0.2) is 29.2 Å². The van der Waals surface area contributed by atoms with Gasteiger partial charge in [-0.2, -0.15) is 0 Å². The number of carbonyl (C=O) groups excluding carboxylic acids is 1. The number of hydrogen-bond acceptors (Lipinski definition) is 3. The topological polar surface area (TPSA) is 106 Å². The minimum atomic E-state index is -1.99. The van der Waals surface area contributed by atoms with Crippen molar-refractivity contribution in [2.45, 2.75) is 18.6 Å². The minimum absolute atomic E-state index is 0.579. The van der Waals surface area contributed by atoms with E-state index >= 15 is 0 Å². The third-order valence-corrected chi connectivity index (χ3v) is 1.09. The Bertz CT molecular complexity index is 155. The molecule has 0 heterocycles. The predicted molar refractivity (Wildman–Crippen MR) is 34.3 cm³/mol. The highest BCUT2D eigenvalue weighted by molar-refractivity contribution is 5.80. The molecule has 0 aromatic heterocycles. The van der Waals surface area contributed by atoms with Gasteiger partial charge in [-0.3, -0.25) is 9.59 Å². The van der Waals surface area contributed by atoms with Gasteiger partial charge in [0.2, 0.25) is 0 Å². The summed E-state index contributed by atoms with van der Waals surface area (Å²) in [4.78, 5) is 20.1. The number of alkyl halides is 1. The number of carboxylic acid groups (broad SMARTS) is 1. The van der Waals surface area contributed by atoms with Crippen LogP contribution in [0.4, 0.5) is 4.39 Å². The maximum atomic E-state index is 12.3. The summed E-state index contributed by atoms with van der Waals surface area (Å²) in [5, 5.41) is 8.17. The number of nitrogens with two attached hydrogens (primary N) is 2. The summed E-state index contributed by atoms with van der Waals surface area (Å²) < 4.78 is 12.3. The Balaban J connectivity index is 3.84. The second kappa shape index (κ2) is 3.87. The third-order valence-electron chi connectivity index (χ3n) is 1.09. The second-order valence-electron chi connectivity index (χ2n) is 2.05. The zero-order valence-corrected chi connectivity index (χ0v) is 5.66. The average Bonchev–Trinajstić information content (AvgIpc) is 1.87. The van der Waals surface area contributed by atoms with Gasteiger partial charge in [-0.1, -0.05) is 0 Å². The Morgan fingerprint density at radius 2 is 2.00 bits per heavy atom. The summed E-state index contributed by atoms with van der Waals surface area (Å²) in [6, 6.07) is -1.38. The Morgan fingerprint density at radius 3 is 2.27 bits per heavy atom. The highest BCUT2D eigenvalue weighted by Crippen LogP contribution is 1.99. The molecular weight excluding hydrogens is 154 g/mol. The lowest BCUT2D eigenvalue weighted by Crippen LogP contribution is -2.37. The lowest BCUT2D eigenvalue weighted by atomic mass is 10.1. The second-order valence-corrected chi connectivity index (χ2v) is 2.05. The monoisotopic (exact) mass is 163 g/mol. The molecule has 0 aromatic rings. The first kappa shape index (κ1) is 9.83. The van der Waals surface area contributed by atoms with Crippen LogP contribution in [0.1, 0.15) is 6.42 Å². The number of hydrogen-bond donors (Lipinski definition) is 3. The van der Waals surface area contributed by atoms with Gasteiger partial charge in [-0.15, -0.1) is 0 Å². The molecule has 5 nitrogen and oxygen atoms in total. The lowest BCUT2D eigenvalue weighted by Gasteiger charge is -2.06. The van der Waals surface area contributed by atoms with Crippen molar-refractivity contribution in [3.63, 3.8) is 0 Å². The maximum absolute atomic E-state index is 12.3. The standard InChI is InChI=1S/C5H9FN2O3/c6-2(4(8)9)1-3(7)5(10)11/h2-3H,1,7H2,(H2,8,9)(H,10,11)/i6-1. The third kappa shape index (κ3) is 3.51. The Labute approximate surface area is 62.2 Å². The summed E-state index contributed by atoms with van der Waals surface area (Å²) in [6.45, 7) is 0. The molecule has 0 aromatic carbocycles. The van der Waals surface area contributed by atoms with E-state index in [0.29, 0.717) is 0 Å². The van der Waals surface area contributed by atoms with Crippen molar-refractivity contribution >= 4 is 11.9 Å². The minimum Gasteiger partial charge on any atom is -0.480 e. The number of amides is 1.